The normalized spacial score (nSPS) is 11.7. The molecule has 1 N–H and O–H groups in total. The van der Waals surface area contributed by atoms with Gasteiger partial charge in [0.2, 0.25) is 6.79 Å². The molecule has 0 aliphatic carbocycles. The predicted octanol–water partition coefficient (Wildman–Crippen LogP) is 1.88. The van der Waals surface area contributed by atoms with Gasteiger partial charge in [-0.05, 0) is 42.8 Å². The lowest BCUT2D eigenvalue weighted by Crippen LogP contribution is -2.36. The maximum atomic E-state index is 13.1. The molecule has 0 radical (unpaired) electrons. The molecule has 3 rings (SSSR count). The number of fused-ring (bicyclic) bond motifs is 1. The molecule has 2 aromatic carbocycles. The van der Waals surface area contributed by atoms with Gasteiger partial charge in [-0.3, -0.25) is 14.4 Å². The van der Waals surface area contributed by atoms with Crippen LogP contribution < -0.4 is 14.8 Å². The number of ether oxygens (including phenoxy) is 3. The van der Waals surface area contributed by atoms with Crippen LogP contribution in [0.2, 0.25) is 0 Å². The molecule has 2 aromatic rings. The van der Waals surface area contributed by atoms with Crippen molar-refractivity contribution in [1.29, 1.82) is 0 Å². The highest BCUT2D eigenvalue weighted by molar-refractivity contribution is 5.96. The van der Waals surface area contributed by atoms with Gasteiger partial charge in [-0.2, -0.15) is 0 Å². The summed E-state index contributed by atoms with van der Waals surface area (Å²) in [4.78, 5) is 37.6. The van der Waals surface area contributed by atoms with Crippen molar-refractivity contribution >= 4 is 17.8 Å². The Morgan fingerprint density at radius 1 is 1.13 bits per heavy atom. The van der Waals surface area contributed by atoms with Crippen molar-refractivity contribution in [3.8, 4) is 11.5 Å². The second-order valence-corrected chi connectivity index (χ2v) is 6.45. The van der Waals surface area contributed by atoms with Gasteiger partial charge >= 0.3 is 5.97 Å². The van der Waals surface area contributed by atoms with Crippen LogP contribution in [0.4, 0.5) is 4.39 Å². The Bertz CT molecular complexity index is 949. The highest BCUT2D eigenvalue weighted by atomic mass is 19.1. The molecule has 0 fully saturated rings. The summed E-state index contributed by atoms with van der Waals surface area (Å²) in [6, 6.07) is 10.5. The standard InChI is InChI=1S/C21H21FN2O6/c1-2-24(11-14-6-7-17-18(8-14)30-13-29-17)19(25)12-28-20(26)10-23-21(27)15-4-3-5-16(22)9-15/h3-9H,2,10-13H2,1H3,(H,23,27). The lowest BCUT2D eigenvalue weighted by molar-refractivity contribution is -0.151. The van der Waals surface area contributed by atoms with Crippen molar-refractivity contribution in [3.05, 3.63) is 59.4 Å². The number of nitrogens with zero attached hydrogens (tertiary/aromatic N) is 1. The first-order chi connectivity index (χ1) is 14.5. The molecule has 1 heterocycles. The molecule has 0 bridgehead atoms. The topological polar surface area (TPSA) is 94.2 Å². The van der Waals surface area contributed by atoms with Gasteiger partial charge in [0, 0.05) is 18.7 Å². The maximum absolute atomic E-state index is 13.1. The van der Waals surface area contributed by atoms with Crippen LogP contribution in [0, 0.1) is 5.82 Å². The van der Waals surface area contributed by atoms with Gasteiger partial charge in [-0.15, -0.1) is 0 Å². The summed E-state index contributed by atoms with van der Waals surface area (Å²) < 4.78 is 28.7. The Labute approximate surface area is 172 Å². The first-order valence-corrected chi connectivity index (χ1v) is 9.32. The molecule has 0 aromatic heterocycles. The van der Waals surface area contributed by atoms with Gasteiger partial charge in [0.25, 0.3) is 11.8 Å². The van der Waals surface area contributed by atoms with E-state index in [4.69, 9.17) is 14.2 Å². The van der Waals surface area contributed by atoms with Crippen LogP contribution in [0.5, 0.6) is 11.5 Å². The fraction of sp³-hybridized carbons (Fsp3) is 0.286. The summed E-state index contributed by atoms with van der Waals surface area (Å²) in [5.74, 6) is -1.04. The highest BCUT2D eigenvalue weighted by Gasteiger charge is 2.18. The third-order valence-corrected chi connectivity index (χ3v) is 4.38. The molecule has 1 aliphatic heterocycles. The third kappa shape index (κ3) is 5.47. The lowest BCUT2D eigenvalue weighted by atomic mass is 10.2. The van der Waals surface area contributed by atoms with Crippen molar-refractivity contribution in [2.75, 3.05) is 26.5 Å². The van der Waals surface area contributed by atoms with Crippen molar-refractivity contribution in [2.45, 2.75) is 13.5 Å². The van der Waals surface area contributed by atoms with Crippen LogP contribution in [-0.4, -0.2) is 49.2 Å². The number of benzene rings is 2. The Hall–Kier alpha value is -3.62. The first-order valence-electron chi connectivity index (χ1n) is 9.32. The minimum absolute atomic E-state index is 0.0831. The molecule has 2 amide bonds. The Kier molecular flexibility index (Phi) is 6.84. The summed E-state index contributed by atoms with van der Waals surface area (Å²) >= 11 is 0. The first kappa shape index (κ1) is 21.1. The van der Waals surface area contributed by atoms with Crippen LogP contribution in [0.3, 0.4) is 0 Å². The van der Waals surface area contributed by atoms with Crippen LogP contribution in [0.25, 0.3) is 0 Å². The second kappa shape index (κ2) is 9.73. The van der Waals surface area contributed by atoms with Gasteiger partial charge < -0.3 is 24.4 Å². The number of halogens is 1. The van der Waals surface area contributed by atoms with Crippen LogP contribution in [0.15, 0.2) is 42.5 Å². The van der Waals surface area contributed by atoms with Gasteiger partial charge in [-0.25, -0.2) is 4.39 Å². The van der Waals surface area contributed by atoms with Crippen molar-refractivity contribution in [1.82, 2.24) is 10.2 Å². The van der Waals surface area contributed by atoms with Crippen LogP contribution >= 0.6 is 0 Å². The monoisotopic (exact) mass is 416 g/mol. The zero-order chi connectivity index (χ0) is 21.5. The quantitative estimate of drug-likeness (QED) is 0.661. The van der Waals surface area contributed by atoms with Crippen molar-refractivity contribution < 1.29 is 33.0 Å². The molecule has 0 saturated heterocycles. The average molecular weight is 416 g/mol. The van der Waals surface area contributed by atoms with Crippen LogP contribution in [-0.2, 0) is 20.9 Å². The number of carbonyl (C=O) groups is 3. The van der Waals surface area contributed by atoms with E-state index in [1.165, 1.54) is 23.1 Å². The number of hydrogen-bond acceptors (Lipinski definition) is 6. The molecule has 0 atom stereocenters. The van der Waals surface area contributed by atoms with E-state index in [1.54, 1.807) is 12.1 Å². The predicted molar refractivity (Wildman–Crippen MR) is 103 cm³/mol. The Balaban J connectivity index is 1.45. The molecule has 30 heavy (non-hydrogen) atoms. The number of amides is 2. The SMILES string of the molecule is CCN(Cc1ccc2c(c1)OCO2)C(=O)COC(=O)CNC(=O)c1cccc(F)c1. The Morgan fingerprint density at radius 2 is 1.93 bits per heavy atom. The summed E-state index contributed by atoms with van der Waals surface area (Å²) in [7, 11) is 0. The van der Waals surface area contributed by atoms with Crippen LogP contribution in [0.1, 0.15) is 22.8 Å². The summed E-state index contributed by atoms with van der Waals surface area (Å²) in [6.45, 7) is 1.83. The van der Waals surface area contributed by atoms with E-state index in [0.29, 0.717) is 24.6 Å². The fourth-order valence-electron chi connectivity index (χ4n) is 2.80. The zero-order valence-corrected chi connectivity index (χ0v) is 16.4. The fourth-order valence-corrected chi connectivity index (χ4v) is 2.80. The van der Waals surface area contributed by atoms with Gasteiger partial charge in [-0.1, -0.05) is 12.1 Å². The van der Waals surface area contributed by atoms with Gasteiger partial charge in [0.1, 0.15) is 12.4 Å². The lowest BCUT2D eigenvalue weighted by Gasteiger charge is -2.21. The highest BCUT2D eigenvalue weighted by Crippen LogP contribution is 2.32. The molecule has 0 saturated carbocycles. The molecule has 0 spiro atoms. The zero-order valence-electron chi connectivity index (χ0n) is 16.4. The van der Waals surface area contributed by atoms with Gasteiger partial charge in [0.15, 0.2) is 18.1 Å². The van der Waals surface area contributed by atoms with Gasteiger partial charge in [0.05, 0.1) is 0 Å². The minimum atomic E-state index is -0.771. The number of carbonyl (C=O) groups excluding carboxylic acids is 3. The van der Waals surface area contributed by atoms with E-state index in [0.717, 1.165) is 11.6 Å². The van der Waals surface area contributed by atoms with E-state index in [9.17, 15) is 18.8 Å². The molecular weight excluding hydrogens is 395 g/mol. The summed E-state index contributed by atoms with van der Waals surface area (Å²) in [5, 5.41) is 2.33. The Morgan fingerprint density at radius 3 is 2.70 bits per heavy atom. The van der Waals surface area contributed by atoms with E-state index in [1.807, 2.05) is 13.0 Å². The largest absolute Gasteiger partial charge is 0.454 e. The van der Waals surface area contributed by atoms with E-state index in [2.05, 4.69) is 5.32 Å². The molecule has 0 unspecified atom stereocenters. The third-order valence-electron chi connectivity index (χ3n) is 4.38. The molecular formula is C21H21FN2O6. The van der Waals surface area contributed by atoms with Crippen molar-refractivity contribution in [2.24, 2.45) is 0 Å². The number of likely N-dealkylation sites (N-methyl/N-ethyl adjacent to an activating group) is 1. The number of nitrogens with one attached hydrogen (secondary N) is 1. The van der Waals surface area contributed by atoms with E-state index in [-0.39, 0.29) is 18.3 Å². The average Bonchev–Trinajstić information content (AvgIpc) is 3.22. The molecule has 9 heteroatoms. The molecule has 8 nitrogen and oxygen atoms in total. The van der Waals surface area contributed by atoms with Crippen molar-refractivity contribution in [3.63, 3.8) is 0 Å². The smallest absolute Gasteiger partial charge is 0.325 e. The summed E-state index contributed by atoms with van der Waals surface area (Å²) in [5.41, 5.74) is 0.933. The number of rotatable bonds is 8. The van der Waals surface area contributed by atoms with E-state index < -0.39 is 30.8 Å². The molecule has 158 valence electrons. The molecule has 1 aliphatic rings. The number of hydrogen-bond donors (Lipinski definition) is 1. The minimum Gasteiger partial charge on any atom is -0.454 e. The second-order valence-electron chi connectivity index (χ2n) is 6.45. The summed E-state index contributed by atoms with van der Waals surface area (Å²) in [6.07, 6.45) is 0. The number of esters is 1. The van der Waals surface area contributed by atoms with E-state index >= 15 is 0 Å². The maximum Gasteiger partial charge on any atom is 0.325 e.